The predicted octanol–water partition coefficient (Wildman–Crippen LogP) is 8.33. The van der Waals surface area contributed by atoms with Gasteiger partial charge in [-0.2, -0.15) is 0 Å². The number of alkyl halides is 2. The van der Waals surface area contributed by atoms with Gasteiger partial charge in [0.2, 0.25) is 5.92 Å². The molecule has 0 aromatic carbocycles. The molecule has 0 aromatic rings. The monoisotopic (exact) mass is 367 g/mol. The molecule has 2 atom stereocenters. The minimum absolute atomic E-state index is 0.00125. The summed E-state index contributed by atoms with van der Waals surface area (Å²) in [6, 6.07) is -0.00125. The van der Waals surface area contributed by atoms with E-state index in [1.165, 1.54) is 12.8 Å². The number of nitrogens with one attached hydrogen (secondary N) is 1. The maximum Gasteiger partial charge on any atom is 0.249 e. The first-order chi connectivity index (χ1) is 12.0. The summed E-state index contributed by atoms with van der Waals surface area (Å²) in [7, 11) is 1.81. The summed E-state index contributed by atoms with van der Waals surface area (Å²) in [5.74, 6) is -1.42. The molecule has 25 heavy (non-hydrogen) atoms. The van der Waals surface area contributed by atoms with Crippen molar-refractivity contribution in [2.45, 2.75) is 126 Å². The van der Waals surface area contributed by atoms with Crippen LogP contribution in [0.15, 0.2) is 0 Å². The lowest BCUT2D eigenvalue weighted by Crippen LogP contribution is -2.46. The number of rotatable bonds is 5. The molecule has 1 N–H and O–H groups in total. The van der Waals surface area contributed by atoms with Crippen LogP contribution in [-0.4, -0.2) is 19.0 Å². The van der Waals surface area contributed by atoms with Crippen LogP contribution in [0.4, 0.5) is 8.78 Å². The van der Waals surface area contributed by atoms with E-state index in [2.05, 4.69) is 33.0 Å². The summed E-state index contributed by atoms with van der Waals surface area (Å²) in [6.45, 7) is 20.7. The second-order valence-corrected chi connectivity index (χ2v) is 5.73. The number of hydrogen-bond donors (Lipinski definition) is 1. The normalized spacial score (nSPS) is 20.4. The van der Waals surface area contributed by atoms with E-state index >= 15 is 0 Å². The van der Waals surface area contributed by atoms with E-state index in [1.54, 1.807) is 7.05 Å². The standard InChI is InChI=1S/C12H23F2N.C4H10.3C2H6/c1-4-9(5-2)10-6-7-12(13,14)8-11(10)15-3;1-3-4-2;3*1-2/h9-11,15H,4-8H2,1-3H3;3-4H2,1-2H3;3*1-2H3. The Bertz CT molecular complexity index is 214. The fraction of sp³-hybridized carbons (Fsp3) is 1.00. The quantitative estimate of drug-likeness (QED) is 0.515. The van der Waals surface area contributed by atoms with Crippen molar-refractivity contribution in [3.63, 3.8) is 0 Å². The maximum atomic E-state index is 13.2. The SMILES string of the molecule is CC.CC.CC.CCC(CC)C1CCC(F)(F)CC1NC.CCCC. The molecule has 0 radical (unpaired) electrons. The lowest BCUT2D eigenvalue weighted by atomic mass is 9.73. The van der Waals surface area contributed by atoms with Crippen LogP contribution in [0, 0.1) is 11.8 Å². The van der Waals surface area contributed by atoms with Crippen LogP contribution in [-0.2, 0) is 0 Å². The minimum Gasteiger partial charge on any atom is -0.316 e. The van der Waals surface area contributed by atoms with Gasteiger partial charge in [0.25, 0.3) is 0 Å². The molecule has 1 fully saturated rings. The van der Waals surface area contributed by atoms with E-state index in [0.29, 0.717) is 18.3 Å². The Morgan fingerprint density at radius 1 is 0.880 bits per heavy atom. The lowest BCUT2D eigenvalue weighted by molar-refractivity contribution is -0.0658. The first kappa shape index (κ1) is 32.5. The molecule has 1 aliphatic rings. The van der Waals surface area contributed by atoms with E-state index < -0.39 is 5.92 Å². The number of hydrogen-bond acceptors (Lipinski definition) is 1. The van der Waals surface area contributed by atoms with Gasteiger partial charge in [-0.3, -0.25) is 0 Å². The maximum absolute atomic E-state index is 13.2. The van der Waals surface area contributed by atoms with Crippen LogP contribution < -0.4 is 5.32 Å². The van der Waals surface area contributed by atoms with E-state index in [4.69, 9.17) is 0 Å². The fourth-order valence-corrected chi connectivity index (χ4v) is 2.93. The molecular weight excluding hydrogens is 316 g/mol. The molecular formula is C22H51F2N. The van der Waals surface area contributed by atoms with Crippen molar-refractivity contribution in [3.05, 3.63) is 0 Å². The van der Waals surface area contributed by atoms with Crippen molar-refractivity contribution in [2.24, 2.45) is 11.8 Å². The zero-order chi connectivity index (χ0) is 20.9. The number of halogens is 2. The molecule has 1 nitrogen and oxygen atoms in total. The van der Waals surface area contributed by atoms with E-state index in [9.17, 15) is 8.78 Å². The third kappa shape index (κ3) is 17.0. The van der Waals surface area contributed by atoms with Gasteiger partial charge in [-0.05, 0) is 25.3 Å². The fourth-order valence-electron chi connectivity index (χ4n) is 2.93. The summed E-state index contributed by atoms with van der Waals surface area (Å²) in [5, 5.41) is 3.08. The first-order valence-electron chi connectivity index (χ1n) is 11.0. The summed E-state index contributed by atoms with van der Waals surface area (Å²) >= 11 is 0. The van der Waals surface area contributed by atoms with E-state index in [0.717, 1.165) is 12.8 Å². The van der Waals surface area contributed by atoms with Gasteiger partial charge in [0.1, 0.15) is 0 Å². The van der Waals surface area contributed by atoms with Gasteiger partial charge in [-0.1, -0.05) is 94.9 Å². The van der Waals surface area contributed by atoms with Crippen molar-refractivity contribution in [2.75, 3.05) is 7.05 Å². The van der Waals surface area contributed by atoms with Crippen molar-refractivity contribution < 1.29 is 8.78 Å². The molecule has 1 saturated carbocycles. The lowest BCUT2D eigenvalue weighted by Gasteiger charge is -2.39. The van der Waals surface area contributed by atoms with Crippen LogP contribution in [0.2, 0.25) is 0 Å². The largest absolute Gasteiger partial charge is 0.316 e. The van der Waals surface area contributed by atoms with Crippen molar-refractivity contribution in [1.82, 2.24) is 5.32 Å². The van der Waals surface area contributed by atoms with Gasteiger partial charge in [0.05, 0.1) is 0 Å². The van der Waals surface area contributed by atoms with Crippen LogP contribution in [0.3, 0.4) is 0 Å². The Kier molecular flexibility index (Phi) is 31.0. The summed E-state index contributed by atoms with van der Waals surface area (Å²) in [5.41, 5.74) is 0. The Balaban J connectivity index is -0.000000186. The topological polar surface area (TPSA) is 12.0 Å². The number of unbranched alkanes of at least 4 members (excludes halogenated alkanes) is 1. The molecule has 2 unspecified atom stereocenters. The highest BCUT2D eigenvalue weighted by Crippen LogP contribution is 2.40. The van der Waals surface area contributed by atoms with Gasteiger partial charge in [-0.25, -0.2) is 8.78 Å². The molecule has 0 bridgehead atoms. The van der Waals surface area contributed by atoms with Crippen LogP contribution >= 0.6 is 0 Å². The van der Waals surface area contributed by atoms with E-state index in [1.807, 2.05) is 41.5 Å². The molecule has 0 amide bonds. The molecule has 158 valence electrons. The second kappa shape index (κ2) is 23.8. The third-order valence-corrected chi connectivity index (χ3v) is 4.40. The van der Waals surface area contributed by atoms with Crippen LogP contribution in [0.5, 0.6) is 0 Å². The highest BCUT2D eigenvalue weighted by Gasteiger charge is 2.42. The Labute approximate surface area is 159 Å². The Morgan fingerprint density at radius 2 is 1.28 bits per heavy atom. The molecule has 0 heterocycles. The Morgan fingerprint density at radius 3 is 1.56 bits per heavy atom. The summed E-state index contributed by atoms with van der Waals surface area (Å²) < 4.78 is 26.5. The first-order valence-corrected chi connectivity index (χ1v) is 11.0. The zero-order valence-corrected chi connectivity index (χ0v) is 19.4. The van der Waals surface area contributed by atoms with Gasteiger partial charge >= 0.3 is 0 Å². The summed E-state index contributed by atoms with van der Waals surface area (Å²) in [4.78, 5) is 0. The minimum atomic E-state index is -2.45. The van der Waals surface area contributed by atoms with Gasteiger partial charge in [0.15, 0.2) is 0 Å². The van der Waals surface area contributed by atoms with Gasteiger partial charge in [0, 0.05) is 18.9 Å². The van der Waals surface area contributed by atoms with E-state index in [-0.39, 0.29) is 18.9 Å². The second-order valence-electron chi connectivity index (χ2n) is 5.73. The average molecular weight is 368 g/mol. The van der Waals surface area contributed by atoms with Crippen LogP contribution in [0.25, 0.3) is 0 Å². The molecule has 0 spiro atoms. The molecule has 1 rings (SSSR count). The van der Waals surface area contributed by atoms with Crippen molar-refractivity contribution in [1.29, 1.82) is 0 Å². The molecule has 0 aliphatic heterocycles. The zero-order valence-electron chi connectivity index (χ0n) is 19.4. The summed E-state index contributed by atoms with van der Waals surface area (Å²) in [6.07, 6.45) is 5.61. The van der Waals surface area contributed by atoms with Crippen molar-refractivity contribution in [3.8, 4) is 0 Å². The highest BCUT2D eigenvalue weighted by molar-refractivity contribution is 4.90. The van der Waals surface area contributed by atoms with Crippen LogP contribution in [0.1, 0.15) is 114 Å². The smallest absolute Gasteiger partial charge is 0.249 e. The van der Waals surface area contributed by atoms with Gasteiger partial charge < -0.3 is 5.32 Å². The Hall–Kier alpha value is -0.180. The molecule has 3 heteroatoms. The molecule has 0 aromatic heterocycles. The third-order valence-electron chi connectivity index (χ3n) is 4.40. The highest BCUT2D eigenvalue weighted by atomic mass is 19.3. The van der Waals surface area contributed by atoms with Gasteiger partial charge in [-0.15, -0.1) is 0 Å². The predicted molar refractivity (Wildman–Crippen MR) is 114 cm³/mol. The molecule has 1 aliphatic carbocycles. The average Bonchev–Trinajstić information content (AvgIpc) is 2.68. The molecule has 0 saturated heterocycles. The van der Waals surface area contributed by atoms with Crippen molar-refractivity contribution >= 4 is 0 Å².